The van der Waals surface area contributed by atoms with Gasteiger partial charge in [0, 0.05) is 39.5 Å². The Kier molecular flexibility index (Phi) is 9.84. The Balaban J connectivity index is 0.000000108. The lowest BCUT2D eigenvalue weighted by atomic mass is 10.3. The summed E-state index contributed by atoms with van der Waals surface area (Å²) in [6.07, 6.45) is 5.22. The molecular formula is C12H26N2O2. The van der Waals surface area contributed by atoms with Gasteiger partial charge in [-0.2, -0.15) is 0 Å². The second kappa shape index (κ2) is 11.3. The minimum atomic E-state index is 1.00. The van der Waals surface area contributed by atoms with Crippen LogP contribution in [0.25, 0.3) is 0 Å². The van der Waals surface area contributed by atoms with Crippen molar-refractivity contribution in [1.29, 1.82) is 0 Å². The van der Waals surface area contributed by atoms with Crippen LogP contribution in [-0.2, 0) is 9.47 Å². The Morgan fingerprint density at radius 2 is 0.875 bits per heavy atom. The third-order valence-corrected chi connectivity index (χ3v) is 2.36. The van der Waals surface area contributed by atoms with Gasteiger partial charge in [0.2, 0.25) is 0 Å². The lowest BCUT2D eigenvalue weighted by Crippen LogP contribution is -2.29. The maximum atomic E-state index is 4.94. The summed E-state index contributed by atoms with van der Waals surface area (Å²) < 4.78 is 9.67. The van der Waals surface area contributed by atoms with Crippen LogP contribution >= 0.6 is 0 Å². The third kappa shape index (κ3) is 11.9. The quantitative estimate of drug-likeness (QED) is 0.604. The van der Waals surface area contributed by atoms with E-state index in [1.54, 1.807) is 0 Å². The van der Waals surface area contributed by atoms with Gasteiger partial charge >= 0.3 is 0 Å². The van der Waals surface area contributed by atoms with E-state index in [9.17, 15) is 0 Å². The summed E-state index contributed by atoms with van der Waals surface area (Å²) in [4.78, 5) is 0. The van der Waals surface area contributed by atoms with Crippen LogP contribution in [-0.4, -0.2) is 52.6 Å². The first-order chi connectivity index (χ1) is 8.00. The molecule has 2 N–H and O–H groups in total. The standard InChI is InChI=1S/C4H8O.C3H7N.C3H6O.C2H5N/c1-2-4-5-3-1;2*1-2-4-3-1;1-2-3-1/h1-4H2;4H,1-3H2;1-3H2;3H,1-2H2. The summed E-state index contributed by atoms with van der Waals surface area (Å²) >= 11 is 0. The smallest absolute Gasteiger partial charge is 0.0488 e. The number of nitrogens with one attached hydrogen (secondary N) is 2. The zero-order valence-electron chi connectivity index (χ0n) is 10.3. The molecule has 16 heavy (non-hydrogen) atoms. The third-order valence-electron chi connectivity index (χ3n) is 2.36. The first-order valence-electron chi connectivity index (χ1n) is 6.57. The van der Waals surface area contributed by atoms with Gasteiger partial charge in [-0.05, 0) is 38.8 Å². The van der Waals surface area contributed by atoms with Gasteiger partial charge in [-0.25, -0.2) is 0 Å². The molecular weight excluding hydrogens is 204 g/mol. The highest BCUT2D eigenvalue weighted by Crippen LogP contribution is 1.98. The van der Waals surface area contributed by atoms with Crippen LogP contribution in [0.15, 0.2) is 0 Å². The summed E-state index contributed by atoms with van der Waals surface area (Å²) in [5, 5.41) is 6.11. The van der Waals surface area contributed by atoms with Crippen molar-refractivity contribution in [3.05, 3.63) is 0 Å². The molecule has 4 aliphatic rings. The van der Waals surface area contributed by atoms with Crippen LogP contribution in [0.5, 0.6) is 0 Å². The summed E-state index contributed by atoms with van der Waals surface area (Å²) in [7, 11) is 0. The molecule has 4 heteroatoms. The van der Waals surface area contributed by atoms with Crippen LogP contribution in [0.3, 0.4) is 0 Å². The van der Waals surface area contributed by atoms with Gasteiger partial charge in [0.15, 0.2) is 0 Å². The van der Waals surface area contributed by atoms with E-state index < -0.39 is 0 Å². The molecule has 96 valence electrons. The van der Waals surface area contributed by atoms with Crippen molar-refractivity contribution in [3.63, 3.8) is 0 Å². The highest BCUT2D eigenvalue weighted by molar-refractivity contribution is 4.58. The van der Waals surface area contributed by atoms with Gasteiger partial charge in [-0.3, -0.25) is 0 Å². The molecule has 0 saturated carbocycles. The molecule has 0 amide bonds. The summed E-state index contributed by atoms with van der Waals surface area (Å²) in [6.45, 7) is 9.00. The molecule has 4 saturated heterocycles. The molecule has 0 aliphatic carbocycles. The molecule has 0 radical (unpaired) electrons. The largest absolute Gasteiger partial charge is 0.381 e. The normalized spacial score (nSPS) is 24.0. The van der Waals surface area contributed by atoms with E-state index in [1.807, 2.05) is 0 Å². The molecule has 4 aliphatic heterocycles. The van der Waals surface area contributed by atoms with Crippen LogP contribution in [0.4, 0.5) is 0 Å². The molecule has 0 aromatic carbocycles. The van der Waals surface area contributed by atoms with Gasteiger partial charge in [-0.1, -0.05) is 0 Å². The van der Waals surface area contributed by atoms with Crippen LogP contribution in [0.2, 0.25) is 0 Å². The summed E-state index contributed by atoms with van der Waals surface area (Å²) in [6, 6.07) is 0. The number of ether oxygens (including phenoxy) is 2. The molecule has 0 aromatic heterocycles. The monoisotopic (exact) mass is 230 g/mol. The zero-order valence-corrected chi connectivity index (χ0v) is 10.3. The molecule has 0 atom stereocenters. The molecule has 0 spiro atoms. The van der Waals surface area contributed by atoms with Crippen molar-refractivity contribution in [2.24, 2.45) is 0 Å². The van der Waals surface area contributed by atoms with Gasteiger partial charge < -0.3 is 20.1 Å². The fourth-order valence-corrected chi connectivity index (χ4v) is 0.831. The highest BCUT2D eigenvalue weighted by Gasteiger charge is 1.95. The van der Waals surface area contributed by atoms with E-state index >= 15 is 0 Å². The second-order valence-corrected chi connectivity index (χ2v) is 4.14. The molecule has 0 bridgehead atoms. The van der Waals surface area contributed by atoms with Crippen molar-refractivity contribution in [2.75, 3.05) is 52.6 Å². The van der Waals surface area contributed by atoms with Crippen molar-refractivity contribution in [1.82, 2.24) is 10.6 Å². The molecule has 4 nitrogen and oxygen atoms in total. The minimum absolute atomic E-state index is 1.00. The SMILES string of the molecule is C1CCOC1.C1CN1.C1CNC1.C1COC1. The Morgan fingerprint density at radius 3 is 0.938 bits per heavy atom. The highest BCUT2D eigenvalue weighted by atomic mass is 16.5. The first kappa shape index (κ1) is 13.9. The maximum absolute atomic E-state index is 4.94. The minimum Gasteiger partial charge on any atom is -0.381 e. The summed E-state index contributed by atoms with van der Waals surface area (Å²) in [5.74, 6) is 0. The fraction of sp³-hybridized carbons (Fsp3) is 1.00. The van der Waals surface area contributed by atoms with Crippen molar-refractivity contribution < 1.29 is 9.47 Å². The molecule has 4 heterocycles. The lowest BCUT2D eigenvalue weighted by molar-refractivity contribution is 0.0367. The van der Waals surface area contributed by atoms with E-state index in [0.29, 0.717) is 0 Å². The van der Waals surface area contributed by atoms with Crippen LogP contribution in [0.1, 0.15) is 25.7 Å². The van der Waals surface area contributed by atoms with Crippen LogP contribution < -0.4 is 10.6 Å². The lowest BCUT2D eigenvalue weighted by Gasteiger charge is -2.09. The molecule has 0 aromatic rings. The van der Waals surface area contributed by atoms with Crippen LogP contribution in [0, 0.1) is 0 Å². The number of rotatable bonds is 0. The van der Waals surface area contributed by atoms with Gasteiger partial charge in [-0.15, -0.1) is 0 Å². The fourth-order valence-electron chi connectivity index (χ4n) is 0.831. The van der Waals surface area contributed by atoms with Crippen molar-refractivity contribution in [3.8, 4) is 0 Å². The molecule has 4 fully saturated rings. The van der Waals surface area contributed by atoms with Crippen molar-refractivity contribution >= 4 is 0 Å². The van der Waals surface area contributed by atoms with E-state index in [1.165, 1.54) is 51.9 Å². The predicted octanol–water partition coefficient (Wildman–Crippen LogP) is 0.773. The number of hydrogen-bond donors (Lipinski definition) is 2. The van der Waals surface area contributed by atoms with Gasteiger partial charge in [0.05, 0.1) is 0 Å². The first-order valence-corrected chi connectivity index (χ1v) is 6.57. The second-order valence-electron chi connectivity index (χ2n) is 4.14. The van der Waals surface area contributed by atoms with E-state index in [-0.39, 0.29) is 0 Å². The number of hydrogen-bond acceptors (Lipinski definition) is 4. The maximum Gasteiger partial charge on any atom is 0.0488 e. The Hall–Kier alpha value is -0.160. The molecule has 4 rings (SSSR count). The Labute approximate surface area is 99.1 Å². The molecule has 0 unspecified atom stereocenters. The van der Waals surface area contributed by atoms with E-state index in [0.717, 1.165) is 26.4 Å². The van der Waals surface area contributed by atoms with Crippen molar-refractivity contribution in [2.45, 2.75) is 25.7 Å². The Morgan fingerprint density at radius 1 is 0.500 bits per heavy atom. The van der Waals surface area contributed by atoms with Gasteiger partial charge in [0.1, 0.15) is 0 Å². The van der Waals surface area contributed by atoms with E-state index in [4.69, 9.17) is 9.47 Å². The van der Waals surface area contributed by atoms with E-state index in [2.05, 4.69) is 10.6 Å². The average Bonchev–Trinajstić information content (AvgIpc) is 2.83. The van der Waals surface area contributed by atoms with Gasteiger partial charge in [0.25, 0.3) is 0 Å². The topological polar surface area (TPSA) is 52.4 Å². The predicted molar refractivity (Wildman–Crippen MR) is 65.8 cm³/mol. The average molecular weight is 230 g/mol. The summed E-state index contributed by atoms with van der Waals surface area (Å²) in [5.41, 5.74) is 0. The zero-order chi connectivity index (χ0) is 11.3. The Bertz CT molecular complexity index is 105.